The largest absolute Gasteiger partial charge is 0.464 e. The van der Waals surface area contributed by atoms with E-state index >= 15 is 0 Å². The molecule has 142 valence electrons. The maximum absolute atomic E-state index is 12.4. The van der Waals surface area contributed by atoms with E-state index in [1.807, 2.05) is 0 Å². The molecule has 2 unspecified atom stereocenters. The van der Waals surface area contributed by atoms with Crippen molar-refractivity contribution in [3.63, 3.8) is 0 Å². The molecule has 1 aliphatic heterocycles. The van der Waals surface area contributed by atoms with Gasteiger partial charge in [0.25, 0.3) is 5.91 Å². The van der Waals surface area contributed by atoms with Crippen molar-refractivity contribution in [2.75, 3.05) is 0 Å². The number of furan rings is 1. The minimum atomic E-state index is -3.94. The number of sulfonamides is 1. The molecule has 2 aromatic rings. The van der Waals surface area contributed by atoms with E-state index in [4.69, 9.17) is 9.56 Å². The number of benzene rings is 1. The molecule has 1 spiro atoms. The number of primary sulfonamides is 1. The molecule has 8 nitrogen and oxygen atoms in total. The molecule has 2 heterocycles. The number of carbonyl (C=O) groups excluding carboxylic acids is 2. The monoisotopic (exact) mass is 389 g/mol. The first-order valence-electron chi connectivity index (χ1n) is 8.63. The van der Waals surface area contributed by atoms with Crippen LogP contribution in [0.5, 0.6) is 0 Å². The van der Waals surface area contributed by atoms with Crippen LogP contribution in [0.2, 0.25) is 0 Å². The van der Waals surface area contributed by atoms with Crippen LogP contribution >= 0.6 is 0 Å². The summed E-state index contributed by atoms with van der Waals surface area (Å²) in [6.45, 7) is 0. The highest BCUT2D eigenvalue weighted by molar-refractivity contribution is 7.89. The minimum absolute atomic E-state index is 0.0181. The highest BCUT2D eigenvalue weighted by atomic mass is 32.2. The number of nitrogens with one attached hydrogen (secondary N) is 2. The molecule has 3 amide bonds. The number of hydrogen-bond acceptors (Lipinski definition) is 5. The molecule has 2 aliphatic rings. The predicted octanol–water partition coefficient (Wildman–Crippen LogP) is 1.51. The molecule has 2 atom stereocenters. The van der Waals surface area contributed by atoms with Gasteiger partial charge in [-0.3, -0.25) is 10.1 Å². The van der Waals surface area contributed by atoms with E-state index in [-0.39, 0.29) is 16.7 Å². The number of hydrogen-bond donors (Lipinski definition) is 3. The van der Waals surface area contributed by atoms with Gasteiger partial charge in [-0.1, -0.05) is 6.42 Å². The molecule has 1 aromatic heterocycles. The maximum atomic E-state index is 12.4. The summed E-state index contributed by atoms with van der Waals surface area (Å²) >= 11 is 0. The van der Waals surface area contributed by atoms with Crippen LogP contribution in [0.1, 0.15) is 24.8 Å². The van der Waals surface area contributed by atoms with E-state index in [0.717, 1.165) is 6.42 Å². The molecule has 1 saturated heterocycles. The highest BCUT2D eigenvalue weighted by Crippen LogP contribution is 2.41. The predicted molar refractivity (Wildman–Crippen MR) is 96.0 cm³/mol. The standard InChI is InChI=1S/C18H19N3O5S/c19-27(24,25)15-6-5-11(14-4-2-8-26-14)9-12(15)10-13-3-1-7-18(13)16(22)20-17(23)21-18/h2,4-6,8-9,13H,1,3,7,10H2,(H2,19,24,25)(H2,20,21,22,23). The fourth-order valence-electron chi connectivity index (χ4n) is 4.20. The number of carbonyl (C=O) groups is 2. The van der Waals surface area contributed by atoms with Crippen molar-refractivity contribution >= 4 is 22.0 Å². The number of urea groups is 1. The number of imide groups is 1. The van der Waals surface area contributed by atoms with Crippen LogP contribution in [0, 0.1) is 5.92 Å². The van der Waals surface area contributed by atoms with Gasteiger partial charge in [-0.25, -0.2) is 18.4 Å². The van der Waals surface area contributed by atoms with Crippen LogP contribution < -0.4 is 15.8 Å². The van der Waals surface area contributed by atoms with E-state index in [2.05, 4.69) is 10.6 Å². The summed E-state index contributed by atoms with van der Waals surface area (Å²) in [6.07, 6.45) is 3.82. The zero-order valence-electron chi connectivity index (χ0n) is 14.4. The molecular formula is C18H19N3O5S. The third kappa shape index (κ3) is 3.02. The lowest BCUT2D eigenvalue weighted by molar-refractivity contribution is -0.125. The second-order valence-electron chi connectivity index (χ2n) is 7.02. The van der Waals surface area contributed by atoms with Gasteiger partial charge < -0.3 is 9.73 Å². The maximum Gasteiger partial charge on any atom is 0.322 e. The summed E-state index contributed by atoms with van der Waals surface area (Å²) in [7, 11) is -3.94. The van der Waals surface area contributed by atoms with Crippen molar-refractivity contribution in [1.82, 2.24) is 10.6 Å². The second kappa shape index (κ2) is 6.21. The Kier molecular flexibility index (Phi) is 4.08. The second-order valence-corrected chi connectivity index (χ2v) is 8.55. The van der Waals surface area contributed by atoms with Crippen molar-refractivity contribution < 1.29 is 22.4 Å². The Morgan fingerprint density at radius 1 is 1.26 bits per heavy atom. The van der Waals surface area contributed by atoms with Crippen LogP contribution in [0.3, 0.4) is 0 Å². The van der Waals surface area contributed by atoms with Gasteiger partial charge >= 0.3 is 6.03 Å². The Balaban J connectivity index is 1.75. The van der Waals surface area contributed by atoms with E-state index in [1.165, 1.54) is 12.3 Å². The Morgan fingerprint density at radius 2 is 2.07 bits per heavy atom. The smallest absolute Gasteiger partial charge is 0.322 e. The molecule has 2 fully saturated rings. The topological polar surface area (TPSA) is 132 Å². The summed E-state index contributed by atoms with van der Waals surface area (Å²) in [5.74, 6) is 0.0240. The lowest BCUT2D eigenvalue weighted by Gasteiger charge is -2.28. The zero-order valence-corrected chi connectivity index (χ0v) is 15.2. The fourth-order valence-corrected chi connectivity index (χ4v) is 4.97. The van der Waals surface area contributed by atoms with Crippen LogP contribution in [0.15, 0.2) is 45.9 Å². The van der Waals surface area contributed by atoms with Crippen LogP contribution in [0.4, 0.5) is 4.79 Å². The van der Waals surface area contributed by atoms with E-state index in [1.54, 1.807) is 24.3 Å². The Labute approximate surface area is 156 Å². The lowest BCUT2D eigenvalue weighted by Crippen LogP contribution is -2.50. The van der Waals surface area contributed by atoms with E-state index in [0.29, 0.717) is 36.1 Å². The van der Waals surface area contributed by atoms with Crippen LogP contribution in [-0.2, 0) is 21.2 Å². The summed E-state index contributed by atoms with van der Waals surface area (Å²) in [6, 6.07) is 7.82. The van der Waals surface area contributed by atoms with Crippen molar-refractivity contribution in [2.45, 2.75) is 36.1 Å². The quantitative estimate of drug-likeness (QED) is 0.682. The molecule has 1 aromatic carbocycles. The summed E-state index contributed by atoms with van der Waals surface area (Å²) in [4.78, 5) is 24.1. The molecular weight excluding hydrogens is 370 g/mol. The first-order chi connectivity index (χ1) is 12.8. The van der Waals surface area contributed by atoms with Crippen molar-refractivity contribution in [1.29, 1.82) is 0 Å². The summed E-state index contributed by atoms with van der Waals surface area (Å²) in [5, 5.41) is 10.4. The van der Waals surface area contributed by atoms with Crippen LogP contribution in [-0.4, -0.2) is 25.9 Å². The first kappa shape index (κ1) is 17.7. The molecule has 9 heteroatoms. The Hall–Kier alpha value is -2.65. The molecule has 4 rings (SSSR count). The lowest BCUT2D eigenvalue weighted by atomic mass is 9.82. The minimum Gasteiger partial charge on any atom is -0.464 e. The molecule has 0 radical (unpaired) electrons. The molecule has 1 saturated carbocycles. The first-order valence-corrected chi connectivity index (χ1v) is 10.2. The molecule has 4 N–H and O–H groups in total. The van der Waals surface area contributed by atoms with Crippen molar-refractivity contribution in [2.24, 2.45) is 11.1 Å². The normalized spacial score (nSPS) is 25.0. The van der Waals surface area contributed by atoms with Gasteiger partial charge in [0.05, 0.1) is 11.2 Å². The Morgan fingerprint density at radius 3 is 2.70 bits per heavy atom. The third-order valence-electron chi connectivity index (χ3n) is 5.43. The van der Waals surface area contributed by atoms with Gasteiger partial charge in [0.15, 0.2) is 0 Å². The van der Waals surface area contributed by atoms with Crippen molar-refractivity contribution in [3.8, 4) is 11.3 Å². The number of amides is 3. The van der Waals surface area contributed by atoms with Gasteiger partial charge in [-0.15, -0.1) is 0 Å². The average molecular weight is 389 g/mol. The molecule has 27 heavy (non-hydrogen) atoms. The average Bonchev–Trinajstić information content (AvgIpc) is 3.30. The number of rotatable bonds is 4. The summed E-state index contributed by atoms with van der Waals surface area (Å²) < 4.78 is 29.5. The van der Waals surface area contributed by atoms with E-state index < -0.39 is 21.6 Å². The highest BCUT2D eigenvalue weighted by Gasteiger charge is 2.54. The number of nitrogens with two attached hydrogens (primary N) is 1. The van der Waals surface area contributed by atoms with Gasteiger partial charge in [-0.2, -0.15) is 0 Å². The van der Waals surface area contributed by atoms with E-state index in [9.17, 15) is 18.0 Å². The Bertz CT molecular complexity index is 1020. The fraction of sp³-hybridized carbons (Fsp3) is 0.333. The van der Waals surface area contributed by atoms with Gasteiger partial charge in [-0.05, 0) is 61.1 Å². The van der Waals surface area contributed by atoms with Crippen molar-refractivity contribution in [3.05, 3.63) is 42.2 Å². The summed E-state index contributed by atoms with van der Waals surface area (Å²) in [5.41, 5.74) is 0.230. The van der Waals surface area contributed by atoms with Gasteiger partial charge in [0, 0.05) is 5.56 Å². The van der Waals surface area contributed by atoms with Gasteiger partial charge in [0.1, 0.15) is 11.3 Å². The molecule has 1 aliphatic carbocycles. The third-order valence-corrected chi connectivity index (χ3v) is 6.44. The zero-order chi connectivity index (χ0) is 19.2. The van der Waals surface area contributed by atoms with Crippen LogP contribution in [0.25, 0.3) is 11.3 Å². The van der Waals surface area contributed by atoms with Gasteiger partial charge in [0.2, 0.25) is 10.0 Å². The molecule has 0 bridgehead atoms. The SMILES string of the molecule is NS(=O)(=O)c1ccc(-c2ccco2)cc1CC1CCCC12NC(=O)NC2=O.